The van der Waals surface area contributed by atoms with Gasteiger partial charge in [-0.1, -0.05) is 23.7 Å². The Labute approximate surface area is 186 Å². The largest absolute Gasteiger partial charge is 0.347 e. The summed E-state index contributed by atoms with van der Waals surface area (Å²) in [6.07, 6.45) is 2.95. The molecular weight excluding hydrogens is 467 g/mol. The quantitative estimate of drug-likeness (QED) is 0.433. The number of amides is 1. The molecule has 1 saturated heterocycles. The van der Waals surface area contributed by atoms with Gasteiger partial charge in [0, 0.05) is 21.5 Å². The van der Waals surface area contributed by atoms with E-state index in [1.165, 1.54) is 35.7 Å². The molecule has 0 aliphatic carbocycles. The molecule has 2 aromatic carbocycles. The number of rotatable bonds is 5. The SMILES string of the molecule is O=C(NC=Cc1cccc(F)c1F)C(c1csc2ccc(Cl)cc12)P1(=O)OCCCO1. The van der Waals surface area contributed by atoms with Gasteiger partial charge in [0.25, 0.3) is 0 Å². The van der Waals surface area contributed by atoms with Gasteiger partial charge in [-0.15, -0.1) is 11.3 Å². The standard InChI is InChI=1S/C21H17ClF2NO4PS/c22-14-5-6-18-15(11-14)16(12-31-18)20(30(27)28-9-2-10-29-30)21(26)25-8-7-13-3-1-4-17(23)19(13)24/h1,3-8,11-12,20H,2,9-10H2,(H,25,26). The lowest BCUT2D eigenvalue weighted by Crippen LogP contribution is -2.28. The minimum absolute atomic E-state index is 0.0404. The van der Waals surface area contributed by atoms with Crippen molar-refractivity contribution in [2.75, 3.05) is 13.2 Å². The van der Waals surface area contributed by atoms with Gasteiger partial charge in [0.15, 0.2) is 17.3 Å². The van der Waals surface area contributed by atoms with E-state index in [0.717, 1.165) is 10.8 Å². The highest BCUT2D eigenvalue weighted by atomic mass is 35.5. The van der Waals surface area contributed by atoms with Crippen molar-refractivity contribution in [3.8, 4) is 0 Å². The van der Waals surface area contributed by atoms with Crippen LogP contribution in [0.5, 0.6) is 0 Å². The molecule has 1 unspecified atom stereocenters. The third-order valence-corrected chi connectivity index (χ3v) is 8.17. The number of carbonyl (C=O) groups excluding carboxylic acids is 1. The zero-order valence-corrected chi connectivity index (χ0v) is 18.5. The van der Waals surface area contributed by atoms with Crippen LogP contribution in [0.4, 0.5) is 8.78 Å². The predicted octanol–water partition coefficient (Wildman–Crippen LogP) is 6.29. The number of thiophene rings is 1. The average molecular weight is 484 g/mol. The van der Waals surface area contributed by atoms with Crippen molar-refractivity contribution in [3.63, 3.8) is 0 Å². The van der Waals surface area contributed by atoms with E-state index in [1.807, 2.05) is 6.07 Å². The van der Waals surface area contributed by atoms with Crippen molar-refractivity contribution in [3.05, 3.63) is 75.8 Å². The number of hydrogen-bond acceptors (Lipinski definition) is 5. The van der Waals surface area contributed by atoms with Crippen LogP contribution in [0, 0.1) is 11.6 Å². The summed E-state index contributed by atoms with van der Waals surface area (Å²) in [6.45, 7) is 0.405. The van der Waals surface area contributed by atoms with Gasteiger partial charge in [0.05, 0.1) is 13.2 Å². The van der Waals surface area contributed by atoms with Gasteiger partial charge in [0.1, 0.15) is 0 Å². The Balaban J connectivity index is 1.68. The first-order valence-corrected chi connectivity index (χ1v) is 12.2. The van der Waals surface area contributed by atoms with Gasteiger partial charge in [-0.05, 0) is 53.1 Å². The molecule has 0 radical (unpaired) electrons. The highest BCUT2D eigenvalue weighted by Gasteiger charge is 2.45. The van der Waals surface area contributed by atoms with Crippen molar-refractivity contribution in [2.45, 2.75) is 12.1 Å². The number of carbonyl (C=O) groups is 1. The van der Waals surface area contributed by atoms with Crippen LogP contribution >= 0.6 is 30.5 Å². The Bertz CT molecular complexity index is 1210. The molecule has 1 aromatic heterocycles. The fourth-order valence-corrected chi connectivity index (χ4v) is 6.55. The molecule has 1 fully saturated rings. The van der Waals surface area contributed by atoms with Gasteiger partial charge < -0.3 is 14.4 Å². The summed E-state index contributed by atoms with van der Waals surface area (Å²) in [5.74, 6) is -2.69. The van der Waals surface area contributed by atoms with Crippen LogP contribution in [0.1, 0.15) is 23.2 Å². The number of halogens is 3. The summed E-state index contributed by atoms with van der Waals surface area (Å²) in [6, 6.07) is 8.94. The third-order valence-electron chi connectivity index (χ3n) is 4.73. The molecule has 1 atom stereocenters. The maximum Gasteiger partial charge on any atom is 0.347 e. The molecule has 0 saturated carbocycles. The Morgan fingerprint density at radius 3 is 2.77 bits per heavy atom. The maximum absolute atomic E-state index is 13.8. The fourth-order valence-electron chi connectivity index (χ4n) is 3.26. The zero-order chi connectivity index (χ0) is 22.0. The minimum atomic E-state index is -3.83. The molecule has 3 aromatic rings. The van der Waals surface area contributed by atoms with Crippen molar-refractivity contribution < 1.29 is 27.2 Å². The summed E-state index contributed by atoms with van der Waals surface area (Å²) < 4.78 is 52.5. The van der Waals surface area contributed by atoms with Crippen LogP contribution in [-0.4, -0.2) is 19.1 Å². The maximum atomic E-state index is 13.8. The molecule has 5 nitrogen and oxygen atoms in total. The zero-order valence-electron chi connectivity index (χ0n) is 16.0. The Hall–Kier alpha value is -2.09. The van der Waals surface area contributed by atoms with E-state index in [9.17, 15) is 18.1 Å². The summed E-state index contributed by atoms with van der Waals surface area (Å²) in [4.78, 5) is 13.1. The number of benzene rings is 2. The molecule has 0 bridgehead atoms. The number of nitrogens with one attached hydrogen (secondary N) is 1. The highest BCUT2D eigenvalue weighted by Crippen LogP contribution is 2.63. The second-order valence-electron chi connectivity index (χ2n) is 6.78. The van der Waals surface area contributed by atoms with Crippen LogP contribution in [0.3, 0.4) is 0 Å². The van der Waals surface area contributed by atoms with E-state index < -0.39 is 30.8 Å². The van der Waals surface area contributed by atoms with E-state index in [1.54, 1.807) is 17.5 Å². The summed E-state index contributed by atoms with van der Waals surface area (Å²) in [5.41, 5.74) is -0.820. The summed E-state index contributed by atoms with van der Waals surface area (Å²) in [5, 5.41) is 5.36. The van der Waals surface area contributed by atoms with E-state index in [-0.39, 0.29) is 18.8 Å². The molecule has 4 rings (SSSR count). The minimum Gasteiger partial charge on any atom is -0.332 e. The second kappa shape index (κ2) is 9.18. The van der Waals surface area contributed by atoms with Gasteiger partial charge in [0.2, 0.25) is 5.91 Å². The van der Waals surface area contributed by atoms with Crippen molar-refractivity contribution >= 4 is 52.6 Å². The molecular formula is C21H17ClF2NO4PS. The lowest BCUT2D eigenvalue weighted by atomic mass is 10.1. The van der Waals surface area contributed by atoms with Crippen molar-refractivity contribution in [1.82, 2.24) is 5.32 Å². The molecule has 1 aliphatic heterocycles. The van der Waals surface area contributed by atoms with Crippen LogP contribution < -0.4 is 5.32 Å². The molecule has 2 heterocycles. The van der Waals surface area contributed by atoms with E-state index >= 15 is 0 Å². The molecule has 162 valence electrons. The first-order valence-electron chi connectivity index (χ1n) is 9.35. The average Bonchev–Trinajstić information content (AvgIpc) is 3.14. The van der Waals surface area contributed by atoms with Gasteiger partial charge in [-0.25, -0.2) is 8.78 Å². The van der Waals surface area contributed by atoms with Crippen molar-refractivity contribution in [2.24, 2.45) is 0 Å². The van der Waals surface area contributed by atoms with E-state index in [4.69, 9.17) is 20.6 Å². The topological polar surface area (TPSA) is 64.6 Å². The molecule has 0 spiro atoms. The fraction of sp³-hybridized carbons (Fsp3) is 0.190. The Morgan fingerprint density at radius 1 is 1.23 bits per heavy atom. The monoisotopic (exact) mass is 483 g/mol. The highest BCUT2D eigenvalue weighted by molar-refractivity contribution is 7.55. The predicted molar refractivity (Wildman–Crippen MR) is 117 cm³/mol. The Kier molecular flexibility index (Phi) is 6.55. The lowest BCUT2D eigenvalue weighted by Gasteiger charge is -2.29. The summed E-state index contributed by atoms with van der Waals surface area (Å²) in [7, 11) is -3.83. The molecule has 10 heteroatoms. The van der Waals surface area contributed by atoms with E-state index in [0.29, 0.717) is 22.4 Å². The van der Waals surface area contributed by atoms with Crippen molar-refractivity contribution in [1.29, 1.82) is 0 Å². The van der Waals surface area contributed by atoms with E-state index in [2.05, 4.69) is 5.32 Å². The van der Waals surface area contributed by atoms with Crippen LogP contribution in [-0.2, 0) is 18.4 Å². The molecule has 1 N–H and O–H groups in total. The smallest absolute Gasteiger partial charge is 0.332 e. The first-order chi connectivity index (χ1) is 14.9. The van der Waals surface area contributed by atoms with Crippen LogP contribution in [0.15, 0.2) is 48.0 Å². The normalized spacial score (nSPS) is 17.1. The van der Waals surface area contributed by atoms with Gasteiger partial charge >= 0.3 is 7.60 Å². The second-order valence-corrected chi connectivity index (χ2v) is 10.2. The third kappa shape index (κ3) is 4.59. The number of hydrogen-bond donors (Lipinski definition) is 1. The van der Waals surface area contributed by atoms with Crippen LogP contribution in [0.2, 0.25) is 5.02 Å². The van der Waals surface area contributed by atoms with Gasteiger partial charge in [-0.3, -0.25) is 9.36 Å². The molecule has 1 amide bonds. The Morgan fingerprint density at radius 2 is 2.00 bits per heavy atom. The summed E-state index contributed by atoms with van der Waals surface area (Å²) >= 11 is 7.50. The molecule has 31 heavy (non-hydrogen) atoms. The number of fused-ring (bicyclic) bond motifs is 1. The van der Waals surface area contributed by atoms with Crippen LogP contribution in [0.25, 0.3) is 16.2 Å². The molecule has 1 aliphatic rings. The van der Waals surface area contributed by atoms with Gasteiger partial charge in [-0.2, -0.15) is 0 Å². The lowest BCUT2D eigenvalue weighted by molar-refractivity contribution is -0.120. The first kappa shape index (κ1) is 22.1.